The number of nitrogens with zero attached hydrogens (tertiary/aromatic N) is 4. The van der Waals surface area contributed by atoms with Gasteiger partial charge in [0.2, 0.25) is 5.88 Å². The van der Waals surface area contributed by atoms with Crippen LogP contribution in [0, 0.1) is 19.3 Å². The molecule has 0 radical (unpaired) electrons. The first kappa shape index (κ1) is 12.0. The molecule has 0 aliphatic rings. The van der Waals surface area contributed by atoms with E-state index in [1.807, 2.05) is 19.9 Å². The van der Waals surface area contributed by atoms with Gasteiger partial charge in [-0.05, 0) is 25.5 Å². The molecule has 7 heteroatoms. The van der Waals surface area contributed by atoms with Gasteiger partial charge in [0.15, 0.2) is 0 Å². The molecule has 0 bridgehead atoms. The molecule has 2 aromatic rings. The number of hydrogen-bond acceptors (Lipinski definition) is 5. The van der Waals surface area contributed by atoms with Crippen molar-refractivity contribution in [3.8, 4) is 11.9 Å². The summed E-state index contributed by atoms with van der Waals surface area (Å²) in [6.07, 6.45) is 1.52. The zero-order valence-corrected chi connectivity index (χ0v) is 10.4. The largest absolute Gasteiger partial charge is 0.403 e. The van der Waals surface area contributed by atoms with E-state index in [2.05, 4.69) is 15.1 Å². The van der Waals surface area contributed by atoms with Crippen molar-refractivity contribution in [1.82, 2.24) is 19.7 Å². The molecule has 0 saturated heterocycles. The molecular formula is C11H14N6O. The predicted molar refractivity (Wildman–Crippen MR) is 65.8 cm³/mol. The molecule has 0 aliphatic carbocycles. The smallest absolute Gasteiger partial charge is 0.342 e. The summed E-state index contributed by atoms with van der Waals surface area (Å²) >= 11 is 0. The number of hydrogen-bond donors (Lipinski definition) is 2. The Morgan fingerprint density at radius 2 is 2.17 bits per heavy atom. The summed E-state index contributed by atoms with van der Waals surface area (Å²) in [6, 6.07) is 2.02. The van der Waals surface area contributed by atoms with Crippen LogP contribution < -0.4 is 10.5 Å². The summed E-state index contributed by atoms with van der Waals surface area (Å²) in [5, 5.41) is 11.6. The van der Waals surface area contributed by atoms with Crippen molar-refractivity contribution in [1.29, 1.82) is 5.41 Å². The highest BCUT2D eigenvalue weighted by Crippen LogP contribution is 2.23. The Labute approximate surface area is 104 Å². The zero-order valence-electron chi connectivity index (χ0n) is 10.4. The molecule has 0 aliphatic heterocycles. The van der Waals surface area contributed by atoms with E-state index in [-0.39, 0.29) is 17.7 Å². The quantitative estimate of drug-likeness (QED) is 0.618. The lowest BCUT2D eigenvalue weighted by molar-refractivity contribution is 0.420. The molecule has 2 aromatic heterocycles. The molecule has 0 fully saturated rings. The molecule has 94 valence electrons. The number of ether oxygens (including phenoxy) is 1. The lowest BCUT2D eigenvalue weighted by Gasteiger charge is -2.10. The van der Waals surface area contributed by atoms with E-state index < -0.39 is 0 Å². The Morgan fingerprint density at radius 1 is 1.44 bits per heavy atom. The van der Waals surface area contributed by atoms with E-state index >= 15 is 0 Å². The summed E-state index contributed by atoms with van der Waals surface area (Å²) in [7, 11) is 1.74. The standard InChI is InChI=1S/C11H14N6O/c1-6-4-7(2)15-10(8(6)9(12)13)18-11-14-5-17(3)16-11/h4-5H,1-3H3,(H3,12,13). The second-order valence-corrected chi connectivity index (χ2v) is 3.98. The molecule has 0 spiro atoms. The van der Waals surface area contributed by atoms with Crippen LogP contribution >= 0.6 is 0 Å². The molecule has 7 nitrogen and oxygen atoms in total. The maximum absolute atomic E-state index is 7.57. The third-order valence-corrected chi connectivity index (χ3v) is 2.35. The van der Waals surface area contributed by atoms with E-state index in [9.17, 15) is 0 Å². The van der Waals surface area contributed by atoms with E-state index in [1.54, 1.807) is 7.05 Å². The SMILES string of the molecule is Cc1cc(C)c(C(=N)N)c(Oc2ncn(C)n2)n1. The average Bonchev–Trinajstić information content (AvgIpc) is 2.62. The Kier molecular flexibility index (Phi) is 2.97. The lowest BCUT2D eigenvalue weighted by Crippen LogP contribution is -2.15. The molecule has 0 unspecified atom stereocenters. The molecule has 18 heavy (non-hydrogen) atoms. The lowest BCUT2D eigenvalue weighted by atomic mass is 10.1. The Hall–Kier alpha value is -2.44. The molecule has 0 atom stereocenters. The van der Waals surface area contributed by atoms with Gasteiger partial charge < -0.3 is 10.5 Å². The number of aromatic nitrogens is 4. The van der Waals surface area contributed by atoms with Crippen LogP contribution in [-0.4, -0.2) is 25.6 Å². The number of nitrogens with one attached hydrogen (secondary N) is 1. The first-order valence-electron chi connectivity index (χ1n) is 5.33. The van der Waals surface area contributed by atoms with Crippen LogP contribution in [0.25, 0.3) is 0 Å². The number of aryl methyl sites for hydroxylation is 3. The maximum Gasteiger partial charge on any atom is 0.342 e. The molecule has 0 amide bonds. The number of amidine groups is 1. The highest BCUT2D eigenvalue weighted by molar-refractivity contribution is 5.98. The van der Waals surface area contributed by atoms with E-state index in [0.717, 1.165) is 11.3 Å². The monoisotopic (exact) mass is 246 g/mol. The van der Waals surface area contributed by atoms with Crippen molar-refractivity contribution in [2.45, 2.75) is 13.8 Å². The predicted octanol–water partition coefficient (Wildman–Crippen LogP) is 0.903. The fourth-order valence-corrected chi connectivity index (χ4v) is 1.66. The summed E-state index contributed by atoms with van der Waals surface area (Å²) in [6.45, 7) is 3.69. The van der Waals surface area contributed by atoms with Gasteiger partial charge in [0, 0.05) is 12.7 Å². The molecular weight excluding hydrogens is 232 g/mol. The fourth-order valence-electron chi connectivity index (χ4n) is 1.66. The van der Waals surface area contributed by atoms with Gasteiger partial charge in [0.05, 0.1) is 5.56 Å². The van der Waals surface area contributed by atoms with Gasteiger partial charge in [0.1, 0.15) is 12.2 Å². The van der Waals surface area contributed by atoms with Gasteiger partial charge in [-0.25, -0.2) is 4.98 Å². The third kappa shape index (κ3) is 2.29. The van der Waals surface area contributed by atoms with Gasteiger partial charge >= 0.3 is 6.01 Å². The third-order valence-electron chi connectivity index (χ3n) is 2.35. The van der Waals surface area contributed by atoms with Crippen molar-refractivity contribution in [2.24, 2.45) is 12.8 Å². The molecule has 2 heterocycles. The Bertz CT molecular complexity index is 604. The minimum atomic E-state index is -0.0917. The van der Waals surface area contributed by atoms with E-state index in [0.29, 0.717) is 5.56 Å². The van der Waals surface area contributed by atoms with Crippen molar-refractivity contribution in [3.05, 3.63) is 29.2 Å². The highest BCUT2D eigenvalue weighted by Gasteiger charge is 2.15. The highest BCUT2D eigenvalue weighted by atomic mass is 16.5. The molecule has 3 N–H and O–H groups in total. The topological polar surface area (TPSA) is 103 Å². The number of pyridine rings is 1. The van der Waals surface area contributed by atoms with E-state index in [4.69, 9.17) is 15.9 Å². The first-order chi connectivity index (χ1) is 8.47. The van der Waals surface area contributed by atoms with Crippen LogP contribution in [0.4, 0.5) is 0 Å². The molecule has 0 aromatic carbocycles. The maximum atomic E-state index is 7.57. The van der Waals surface area contributed by atoms with Gasteiger partial charge in [-0.1, -0.05) is 0 Å². The Balaban J connectivity index is 2.45. The fraction of sp³-hybridized carbons (Fsp3) is 0.273. The van der Waals surface area contributed by atoms with Gasteiger partial charge in [-0.2, -0.15) is 4.98 Å². The molecule has 0 saturated carbocycles. The average molecular weight is 246 g/mol. The number of nitrogen functional groups attached to an aromatic ring is 1. The van der Waals surface area contributed by atoms with Crippen LogP contribution in [0.2, 0.25) is 0 Å². The van der Waals surface area contributed by atoms with Crippen molar-refractivity contribution in [3.63, 3.8) is 0 Å². The van der Waals surface area contributed by atoms with Crippen LogP contribution in [0.3, 0.4) is 0 Å². The minimum Gasteiger partial charge on any atom is -0.403 e. The summed E-state index contributed by atoms with van der Waals surface area (Å²) in [5.41, 5.74) is 7.62. The van der Waals surface area contributed by atoms with E-state index in [1.165, 1.54) is 11.0 Å². The summed E-state index contributed by atoms with van der Waals surface area (Å²) in [4.78, 5) is 8.18. The van der Waals surface area contributed by atoms with Crippen molar-refractivity contribution in [2.75, 3.05) is 0 Å². The second-order valence-electron chi connectivity index (χ2n) is 3.98. The van der Waals surface area contributed by atoms with Crippen LogP contribution in [0.5, 0.6) is 11.9 Å². The van der Waals surface area contributed by atoms with Crippen LogP contribution in [-0.2, 0) is 7.05 Å². The molecule has 2 rings (SSSR count). The Morgan fingerprint density at radius 3 is 2.72 bits per heavy atom. The normalized spacial score (nSPS) is 10.4. The van der Waals surface area contributed by atoms with Gasteiger partial charge in [0.25, 0.3) is 0 Å². The number of rotatable bonds is 3. The minimum absolute atomic E-state index is 0.0917. The van der Waals surface area contributed by atoms with Gasteiger partial charge in [-0.3, -0.25) is 10.1 Å². The van der Waals surface area contributed by atoms with Crippen molar-refractivity contribution >= 4 is 5.84 Å². The van der Waals surface area contributed by atoms with Crippen LogP contribution in [0.1, 0.15) is 16.8 Å². The summed E-state index contributed by atoms with van der Waals surface area (Å²) < 4.78 is 7.00. The van der Waals surface area contributed by atoms with Crippen LogP contribution in [0.15, 0.2) is 12.4 Å². The van der Waals surface area contributed by atoms with Crippen molar-refractivity contribution < 1.29 is 4.74 Å². The second kappa shape index (κ2) is 4.44. The summed E-state index contributed by atoms with van der Waals surface area (Å²) in [5.74, 6) is 0.164. The first-order valence-corrected chi connectivity index (χ1v) is 5.33. The van der Waals surface area contributed by atoms with Gasteiger partial charge in [-0.15, -0.1) is 5.10 Å². The number of nitrogens with two attached hydrogens (primary N) is 1. The zero-order chi connectivity index (χ0) is 13.3.